The first-order valence-electron chi connectivity index (χ1n) is 7.07. The van der Waals surface area contributed by atoms with Crippen LogP contribution < -0.4 is 10.2 Å². The van der Waals surface area contributed by atoms with Crippen LogP contribution in [0.2, 0.25) is 0 Å². The highest BCUT2D eigenvalue weighted by atomic mass is 16.5. The summed E-state index contributed by atoms with van der Waals surface area (Å²) >= 11 is 0. The molecule has 0 saturated carbocycles. The lowest BCUT2D eigenvalue weighted by Crippen LogP contribution is -2.28. The van der Waals surface area contributed by atoms with Crippen LogP contribution in [0, 0.1) is 6.92 Å². The van der Waals surface area contributed by atoms with Crippen molar-refractivity contribution >= 4 is 11.6 Å². The maximum Gasteiger partial charge on any atom is 0.299 e. The Morgan fingerprint density at radius 3 is 2.95 bits per heavy atom. The topological polar surface area (TPSA) is 71.3 Å². The smallest absolute Gasteiger partial charge is 0.299 e. The zero-order valence-corrected chi connectivity index (χ0v) is 12.2. The van der Waals surface area contributed by atoms with Crippen molar-refractivity contribution in [3.05, 3.63) is 41.5 Å². The van der Waals surface area contributed by atoms with Crippen LogP contribution in [-0.2, 0) is 0 Å². The predicted molar refractivity (Wildman–Crippen MR) is 78.2 cm³/mol. The zero-order chi connectivity index (χ0) is 14.8. The van der Waals surface area contributed by atoms with Gasteiger partial charge < -0.3 is 14.7 Å². The summed E-state index contributed by atoms with van der Waals surface area (Å²) in [4.78, 5) is 18.2. The van der Waals surface area contributed by atoms with Gasteiger partial charge in [-0.05, 0) is 37.9 Å². The van der Waals surface area contributed by atoms with E-state index in [1.165, 1.54) is 0 Å². The number of aryl methyl sites for hydroxylation is 1. The van der Waals surface area contributed by atoms with Gasteiger partial charge in [-0.3, -0.25) is 4.79 Å². The fraction of sp³-hybridized carbons (Fsp3) is 0.400. The first kappa shape index (κ1) is 13.8. The number of anilines is 1. The van der Waals surface area contributed by atoms with E-state index in [2.05, 4.69) is 15.5 Å². The molecule has 1 aromatic carbocycles. The van der Waals surface area contributed by atoms with Gasteiger partial charge in [-0.2, -0.15) is 4.98 Å². The van der Waals surface area contributed by atoms with Crippen LogP contribution >= 0.6 is 0 Å². The summed E-state index contributed by atoms with van der Waals surface area (Å²) in [6, 6.07) is 7.77. The Balaban J connectivity index is 1.80. The molecule has 0 spiro atoms. The van der Waals surface area contributed by atoms with Crippen molar-refractivity contribution in [2.75, 3.05) is 18.5 Å². The van der Waals surface area contributed by atoms with E-state index in [4.69, 9.17) is 4.52 Å². The van der Waals surface area contributed by atoms with Crippen molar-refractivity contribution in [3.8, 4) is 0 Å². The molecule has 2 aromatic rings. The molecule has 0 radical (unpaired) electrons. The lowest BCUT2D eigenvalue weighted by atomic mass is 10.2. The number of carbonyl (C=O) groups is 1. The Morgan fingerprint density at radius 1 is 1.43 bits per heavy atom. The summed E-state index contributed by atoms with van der Waals surface area (Å²) in [6.07, 6.45) is 2.04. The van der Waals surface area contributed by atoms with Crippen molar-refractivity contribution in [2.45, 2.75) is 25.8 Å². The van der Waals surface area contributed by atoms with E-state index in [0.717, 1.165) is 30.6 Å². The van der Waals surface area contributed by atoms with Crippen molar-refractivity contribution in [1.82, 2.24) is 15.5 Å². The van der Waals surface area contributed by atoms with Crippen molar-refractivity contribution < 1.29 is 9.32 Å². The Morgan fingerprint density at radius 2 is 2.24 bits per heavy atom. The number of amides is 1. The van der Waals surface area contributed by atoms with E-state index in [1.807, 2.05) is 31.2 Å². The lowest BCUT2D eigenvalue weighted by molar-refractivity contribution is 0.0980. The van der Waals surface area contributed by atoms with E-state index in [9.17, 15) is 4.79 Å². The van der Waals surface area contributed by atoms with Gasteiger partial charge in [0.2, 0.25) is 5.89 Å². The highest BCUT2D eigenvalue weighted by molar-refractivity contribution is 6.03. The third-order valence-electron chi connectivity index (χ3n) is 3.77. The second-order valence-electron chi connectivity index (χ2n) is 5.26. The summed E-state index contributed by atoms with van der Waals surface area (Å²) < 4.78 is 5.21. The highest BCUT2D eigenvalue weighted by Gasteiger charge is 2.26. The molecule has 1 saturated heterocycles. The fourth-order valence-electron chi connectivity index (χ4n) is 2.56. The molecule has 1 unspecified atom stereocenters. The number of aromatic nitrogens is 2. The van der Waals surface area contributed by atoms with E-state index in [1.54, 1.807) is 11.9 Å². The van der Waals surface area contributed by atoms with Crippen molar-refractivity contribution in [3.63, 3.8) is 0 Å². The lowest BCUT2D eigenvalue weighted by Gasteiger charge is -2.17. The van der Waals surface area contributed by atoms with Gasteiger partial charge in [0.15, 0.2) is 0 Å². The number of hydrogen-bond acceptors (Lipinski definition) is 5. The van der Waals surface area contributed by atoms with Crippen LogP contribution in [0.25, 0.3) is 0 Å². The summed E-state index contributed by atoms with van der Waals surface area (Å²) in [7, 11) is 1.72. The normalized spacial score (nSPS) is 17.9. The van der Waals surface area contributed by atoms with Gasteiger partial charge in [0.1, 0.15) is 0 Å². The maximum atomic E-state index is 12.4. The minimum absolute atomic E-state index is 0.0721. The van der Waals surface area contributed by atoms with E-state index >= 15 is 0 Å². The standard InChI is InChI=1S/C15H18N4O2/c1-10-6-3-4-8-12(10)19(2)15(20)13-17-14(21-18-13)11-7-5-9-16-11/h3-4,6,8,11,16H,5,7,9H2,1-2H3. The molecule has 3 rings (SSSR count). The third-order valence-corrected chi connectivity index (χ3v) is 3.77. The first-order valence-corrected chi connectivity index (χ1v) is 7.07. The fourth-order valence-corrected chi connectivity index (χ4v) is 2.56. The molecule has 1 aliphatic heterocycles. The van der Waals surface area contributed by atoms with Crippen LogP contribution in [0.4, 0.5) is 5.69 Å². The van der Waals surface area contributed by atoms with Gasteiger partial charge in [0, 0.05) is 12.7 Å². The maximum absolute atomic E-state index is 12.4. The SMILES string of the molecule is Cc1ccccc1N(C)C(=O)c1noc(C2CCCN2)n1. The zero-order valence-electron chi connectivity index (χ0n) is 12.2. The van der Waals surface area contributed by atoms with Crippen LogP contribution in [-0.4, -0.2) is 29.6 Å². The average molecular weight is 286 g/mol. The number of nitrogens with one attached hydrogen (secondary N) is 1. The summed E-state index contributed by atoms with van der Waals surface area (Å²) in [5.74, 6) is 0.329. The molecule has 6 nitrogen and oxygen atoms in total. The number of hydrogen-bond donors (Lipinski definition) is 1. The Kier molecular flexibility index (Phi) is 3.70. The van der Waals surface area contributed by atoms with Crippen LogP contribution in [0.15, 0.2) is 28.8 Å². The van der Waals surface area contributed by atoms with Gasteiger partial charge in [-0.1, -0.05) is 23.4 Å². The third kappa shape index (κ3) is 2.67. The second kappa shape index (κ2) is 5.65. The van der Waals surface area contributed by atoms with Crippen molar-refractivity contribution in [2.24, 2.45) is 0 Å². The number of benzene rings is 1. The molecule has 0 aliphatic carbocycles. The molecular formula is C15H18N4O2. The molecule has 1 amide bonds. The number of para-hydroxylation sites is 1. The molecule has 110 valence electrons. The summed E-state index contributed by atoms with van der Waals surface area (Å²) in [6.45, 7) is 2.91. The highest BCUT2D eigenvalue weighted by Crippen LogP contribution is 2.23. The molecule has 1 aliphatic rings. The Bertz CT molecular complexity index is 647. The number of rotatable bonds is 3. The largest absolute Gasteiger partial charge is 0.337 e. The molecule has 0 bridgehead atoms. The van der Waals surface area contributed by atoms with Gasteiger partial charge in [-0.15, -0.1) is 0 Å². The average Bonchev–Trinajstić information content (AvgIpc) is 3.17. The summed E-state index contributed by atoms with van der Waals surface area (Å²) in [5, 5.41) is 7.09. The van der Waals surface area contributed by atoms with Gasteiger partial charge >= 0.3 is 0 Å². The molecular weight excluding hydrogens is 268 g/mol. The Hall–Kier alpha value is -2.21. The molecule has 1 N–H and O–H groups in total. The predicted octanol–water partition coefficient (Wildman–Crippen LogP) is 2.08. The van der Waals surface area contributed by atoms with Crippen LogP contribution in [0.1, 0.15) is 41.0 Å². The van der Waals surface area contributed by atoms with Crippen molar-refractivity contribution in [1.29, 1.82) is 0 Å². The van der Waals surface area contributed by atoms with E-state index < -0.39 is 0 Å². The molecule has 2 heterocycles. The molecule has 1 fully saturated rings. The van der Waals surface area contributed by atoms with Crippen LogP contribution in [0.5, 0.6) is 0 Å². The van der Waals surface area contributed by atoms with Gasteiger partial charge in [0.25, 0.3) is 11.7 Å². The minimum atomic E-state index is -0.266. The molecule has 21 heavy (non-hydrogen) atoms. The van der Waals surface area contributed by atoms with Gasteiger partial charge in [0.05, 0.1) is 6.04 Å². The van der Waals surface area contributed by atoms with E-state index in [-0.39, 0.29) is 17.8 Å². The molecule has 1 aromatic heterocycles. The number of nitrogens with zero attached hydrogens (tertiary/aromatic N) is 3. The van der Waals surface area contributed by atoms with E-state index in [0.29, 0.717) is 5.89 Å². The van der Waals surface area contributed by atoms with Gasteiger partial charge in [-0.25, -0.2) is 0 Å². The monoisotopic (exact) mass is 286 g/mol. The quantitative estimate of drug-likeness (QED) is 0.935. The molecule has 6 heteroatoms. The number of carbonyl (C=O) groups excluding carboxylic acids is 1. The Labute approximate surface area is 123 Å². The molecule has 1 atom stereocenters. The minimum Gasteiger partial charge on any atom is -0.337 e. The summed E-state index contributed by atoms with van der Waals surface area (Å²) in [5.41, 5.74) is 1.86. The van der Waals surface area contributed by atoms with Crippen LogP contribution in [0.3, 0.4) is 0 Å². The first-order chi connectivity index (χ1) is 10.2. The second-order valence-corrected chi connectivity index (χ2v) is 5.26.